The summed E-state index contributed by atoms with van der Waals surface area (Å²) in [4.78, 5) is 14.2. The van der Waals surface area contributed by atoms with Gasteiger partial charge in [-0.25, -0.2) is 0 Å². The predicted octanol–water partition coefficient (Wildman–Crippen LogP) is 2.10. The van der Waals surface area contributed by atoms with Gasteiger partial charge in [-0.05, 0) is 50.5 Å². The molecule has 6 heteroatoms. The van der Waals surface area contributed by atoms with Crippen LogP contribution in [0.15, 0.2) is 18.5 Å². The lowest BCUT2D eigenvalue weighted by Gasteiger charge is -2.32. The van der Waals surface area contributed by atoms with Crippen molar-refractivity contribution in [2.45, 2.75) is 51.2 Å². The Morgan fingerprint density at radius 3 is 2.83 bits per heavy atom. The molecule has 6 nitrogen and oxygen atoms in total. The molecule has 0 aliphatic carbocycles. The van der Waals surface area contributed by atoms with Crippen molar-refractivity contribution >= 4 is 5.91 Å². The van der Waals surface area contributed by atoms with E-state index < -0.39 is 0 Å². The molecular formula is C18H29N3O3. The summed E-state index contributed by atoms with van der Waals surface area (Å²) in [5.74, 6) is 0.811. The molecule has 0 unspecified atom stereocenters. The molecule has 2 aliphatic rings. The van der Waals surface area contributed by atoms with E-state index in [1.165, 1.54) is 6.42 Å². The van der Waals surface area contributed by atoms with Gasteiger partial charge in [-0.3, -0.25) is 9.48 Å². The van der Waals surface area contributed by atoms with Gasteiger partial charge < -0.3 is 14.4 Å². The lowest BCUT2D eigenvalue weighted by Crippen LogP contribution is -2.41. The maximum Gasteiger partial charge on any atom is 0.248 e. The van der Waals surface area contributed by atoms with Crippen molar-refractivity contribution in [3.63, 3.8) is 0 Å². The molecule has 1 aromatic heterocycles. The van der Waals surface area contributed by atoms with E-state index in [2.05, 4.69) is 5.10 Å². The molecule has 1 aromatic rings. The van der Waals surface area contributed by atoms with Crippen LogP contribution in [0.4, 0.5) is 0 Å². The van der Waals surface area contributed by atoms with Crippen molar-refractivity contribution in [3.05, 3.63) is 18.5 Å². The zero-order chi connectivity index (χ0) is 16.6. The summed E-state index contributed by atoms with van der Waals surface area (Å²) in [7, 11) is 0. The molecule has 1 amide bonds. The number of likely N-dealkylation sites (tertiary alicyclic amines) is 1. The number of hydrogen-bond acceptors (Lipinski definition) is 4. The van der Waals surface area contributed by atoms with E-state index in [0.29, 0.717) is 12.5 Å². The van der Waals surface area contributed by atoms with E-state index in [1.54, 1.807) is 0 Å². The molecule has 0 N–H and O–H groups in total. The van der Waals surface area contributed by atoms with E-state index in [4.69, 9.17) is 9.47 Å². The number of carbonyl (C=O) groups is 1. The van der Waals surface area contributed by atoms with E-state index in [1.807, 2.05) is 28.0 Å². The summed E-state index contributed by atoms with van der Waals surface area (Å²) in [5.41, 5.74) is 0. The molecule has 1 atom stereocenters. The van der Waals surface area contributed by atoms with Gasteiger partial charge in [0.1, 0.15) is 6.61 Å². The van der Waals surface area contributed by atoms with Crippen LogP contribution in [0.2, 0.25) is 0 Å². The van der Waals surface area contributed by atoms with Gasteiger partial charge in [0.2, 0.25) is 5.91 Å². The Labute approximate surface area is 144 Å². The third kappa shape index (κ3) is 5.31. The van der Waals surface area contributed by atoms with Crippen LogP contribution < -0.4 is 0 Å². The second-order valence-corrected chi connectivity index (χ2v) is 6.89. The van der Waals surface area contributed by atoms with Crippen LogP contribution in [0.5, 0.6) is 0 Å². The standard InChI is InChI=1S/C18H29N3O3/c22-18(15-23-14-17-4-1-2-13-24-17)20-10-5-16(6-11-20)7-12-21-9-3-8-19-21/h3,8-9,16-17H,1-2,4-7,10-15H2/t17-/m0/s1. The summed E-state index contributed by atoms with van der Waals surface area (Å²) < 4.78 is 13.2. The van der Waals surface area contributed by atoms with Crippen molar-refractivity contribution < 1.29 is 14.3 Å². The molecule has 0 spiro atoms. The van der Waals surface area contributed by atoms with Crippen molar-refractivity contribution in [2.24, 2.45) is 5.92 Å². The molecule has 0 radical (unpaired) electrons. The summed E-state index contributed by atoms with van der Waals surface area (Å²) in [6.45, 7) is 4.24. The lowest BCUT2D eigenvalue weighted by molar-refractivity contribution is -0.139. The summed E-state index contributed by atoms with van der Waals surface area (Å²) in [5, 5.41) is 4.24. The second kappa shape index (κ2) is 9.18. The minimum Gasteiger partial charge on any atom is -0.376 e. The molecule has 2 fully saturated rings. The molecule has 2 aliphatic heterocycles. The zero-order valence-electron chi connectivity index (χ0n) is 14.4. The van der Waals surface area contributed by atoms with Crippen LogP contribution in [0.1, 0.15) is 38.5 Å². The van der Waals surface area contributed by atoms with E-state index in [9.17, 15) is 4.79 Å². The van der Waals surface area contributed by atoms with Gasteiger partial charge >= 0.3 is 0 Å². The second-order valence-electron chi connectivity index (χ2n) is 6.89. The van der Waals surface area contributed by atoms with Crippen molar-refractivity contribution in [1.29, 1.82) is 0 Å². The van der Waals surface area contributed by atoms with Gasteiger partial charge in [0.05, 0.1) is 12.7 Å². The van der Waals surface area contributed by atoms with E-state index in [-0.39, 0.29) is 18.6 Å². The maximum atomic E-state index is 12.2. The van der Waals surface area contributed by atoms with Gasteiger partial charge in [-0.1, -0.05) is 0 Å². The number of rotatable bonds is 7. The quantitative estimate of drug-likeness (QED) is 0.766. The van der Waals surface area contributed by atoms with E-state index >= 15 is 0 Å². The van der Waals surface area contributed by atoms with Crippen LogP contribution in [-0.4, -0.2) is 59.6 Å². The zero-order valence-corrected chi connectivity index (χ0v) is 14.4. The van der Waals surface area contributed by atoms with Crippen LogP contribution >= 0.6 is 0 Å². The molecule has 0 bridgehead atoms. The monoisotopic (exact) mass is 335 g/mol. The average molecular weight is 335 g/mol. The SMILES string of the molecule is O=C(COC[C@@H]1CCCCO1)N1CCC(CCn2cccn2)CC1. The van der Waals surface area contributed by atoms with Crippen molar-refractivity contribution in [1.82, 2.24) is 14.7 Å². The van der Waals surface area contributed by atoms with Gasteiger partial charge in [0.25, 0.3) is 0 Å². The van der Waals surface area contributed by atoms with Crippen LogP contribution in [0.3, 0.4) is 0 Å². The minimum absolute atomic E-state index is 0.122. The van der Waals surface area contributed by atoms with Crippen LogP contribution in [0.25, 0.3) is 0 Å². The highest BCUT2D eigenvalue weighted by Crippen LogP contribution is 2.21. The number of amides is 1. The Bertz CT molecular complexity index is 478. The third-order valence-corrected chi connectivity index (χ3v) is 5.10. The first-order valence-corrected chi connectivity index (χ1v) is 9.26. The number of carbonyl (C=O) groups excluding carboxylic acids is 1. The molecule has 134 valence electrons. The molecular weight excluding hydrogens is 306 g/mol. The minimum atomic E-state index is 0.122. The molecule has 0 aromatic carbocycles. The molecule has 3 heterocycles. The summed E-state index contributed by atoms with van der Waals surface area (Å²) >= 11 is 0. The first-order chi connectivity index (χ1) is 11.8. The van der Waals surface area contributed by atoms with E-state index in [0.717, 1.165) is 58.3 Å². The number of nitrogens with zero attached hydrogens (tertiary/aromatic N) is 3. The number of ether oxygens (including phenoxy) is 2. The van der Waals surface area contributed by atoms with Gasteiger partial charge in [0, 0.05) is 38.6 Å². The summed E-state index contributed by atoms with van der Waals surface area (Å²) in [6.07, 6.45) is 10.7. The van der Waals surface area contributed by atoms with Gasteiger partial charge in [-0.15, -0.1) is 0 Å². The fourth-order valence-electron chi connectivity index (χ4n) is 3.53. The number of aromatic nitrogens is 2. The average Bonchev–Trinajstić information content (AvgIpc) is 3.15. The Morgan fingerprint density at radius 2 is 2.12 bits per heavy atom. The van der Waals surface area contributed by atoms with Crippen LogP contribution in [0, 0.1) is 5.92 Å². The predicted molar refractivity (Wildman–Crippen MR) is 90.6 cm³/mol. The summed E-state index contributed by atoms with van der Waals surface area (Å²) in [6, 6.07) is 1.96. The number of piperidine rings is 1. The fourth-order valence-corrected chi connectivity index (χ4v) is 3.53. The molecule has 2 saturated heterocycles. The third-order valence-electron chi connectivity index (χ3n) is 5.10. The Morgan fingerprint density at radius 1 is 1.25 bits per heavy atom. The number of aryl methyl sites for hydroxylation is 1. The first kappa shape index (κ1) is 17.4. The topological polar surface area (TPSA) is 56.6 Å². The molecule has 24 heavy (non-hydrogen) atoms. The Hall–Kier alpha value is -1.40. The highest BCUT2D eigenvalue weighted by atomic mass is 16.5. The molecule has 3 rings (SSSR count). The lowest BCUT2D eigenvalue weighted by atomic mass is 9.93. The first-order valence-electron chi connectivity index (χ1n) is 9.26. The van der Waals surface area contributed by atoms with Crippen LogP contribution in [-0.2, 0) is 20.8 Å². The van der Waals surface area contributed by atoms with Crippen molar-refractivity contribution in [3.8, 4) is 0 Å². The smallest absolute Gasteiger partial charge is 0.248 e. The largest absolute Gasteiger partial charge is 0.376 e. The molecule has 0 saturated carbocycles. The Kier molecular flexibility index (Phi) is 6.66. The fraction of sp³-hybridized carbons (Fsp3) is 0.778. The van der Waals surface area contributed by atoms with Gasteiger partial charge in [0.15, 0.2) is 0 Å². The normalized spacial score (nSPS) is 22.7. The number of hydrogen-bond donors (Lipinski definition) is 0. The maximum absolute atomic E-state index is 12.2. The highest BCUT2D eigenvalue weighted by Gasteiger charge is 2.23. The van der Waals surface area contributed by atoms with Gasteiger partial charge in [-0.2, -0.15) is 5.10 Å². The van der Waals surface area contributed by atoms with Crippen molar-refractivity contribution in [2.75, 3.05) is 32.9 Å². The highest BCUT2D eigenvalue weighted by molar-refractivity contribution is 5.77. The Balaban J connectivity index is 1.28.